The van der Waals surface area contributed by atoms with E-state index >= 15 is 0 Å². The molecule has 110 valence electrons. The van der Waals surface area contributed by atoms with Crippen molar-refractivity contribution in [2.75, 3.05) is 0 Å². The molecule has 0 N–H and O–H groups in total. The predicted octanol–water partition coefficient (Wildman–Crippen LogP) is 4.89. The van der Waals surface area contributed by atoms with Crippen LogP contribution < -0.4 is 4.74 Å². The van der Waals surface area contributed by atoms with Crippen LogP contribution >= 0.6 is 0 Å². The second-order valence-electron chi connectivity index (χ2n) is 5.61. The van der Waals surface area contributed by atoms with E-state index in [-0.39, 0.29) is 11.2 Å². The molecule has 0 unspecified atom stereocenters. The summed E-state index contributed by atoms with van der Waals surface area (Å²) in [4.78, 5) is 4.24. The van der Waals surface area contributed by atoms with Gasteiger partial charge in [0.1, 0.15) is 28.7 Å². The molecule has 4 heteroatoms. The van der Waals surface area contributed by atoms with E-state index in [2.05, 4.69) is 4.99 Å². The van der Waals surface area contributed by atoms with E-state index in [0.717, 1.165) is 6.07 Å². The fraction of sp³-hybridized carbons (Fsp3) is 0.235. The molecular weight excluding hydrogens is 272 g/mol. The molecule has 0 radical (unpaired) electrons. The Labute approximate surface area is 123 Å². The lowest BCUT2D eigenvalue weighted by Gasteiger charge is -2.22. The highest BCUT2D eigenvalue weighted by atomic mass is 19.1. The van der Waals surface area contributed by atoms with Crippen molar-refractivity contribution in [2.45, 2.75) is 26.4 Å². The number of hydrogen-bond donors (Lipinski definition) is 0. The predicted molar refractivity (Wildman–Crippen MR) is 80.4 cm³/mol. The van der Waals surface area contributed by atoms with Gasteiger partial charge in [-0.15, -0.1) is 0 Å². The van der Waals surface area contributed by atoms with Gasteiger partial charge in [0.05, 0.1) is 0 Å². The average molecular weight is 289 g/mol. The van der Waals surface area contributed by atoms with Gasteiger partial charge in [-0.2, -0.15) is 0 Å². The monoisotopic (exact) mass is 289 g/mol. The Hall–Kier alpha value is -2.23. The van der Waals surface area contributed by atoms with Gasteiger partial charge in [0.15, 0.2) is 0 Å². The van der Waals surface area contributed by atoms with E-state index in [1.165, 1.54) is 18.3 Å². The zero-order valence-corrected chi connectivity index (χ0v) is 12.2. The zero-order chi connectivity index (χ0) is 15.5. The highest BCUT2D eigenvalue weighted by Crippen LogP contribution is 2.30. The third-order valence-corrected chi connectivity index (χ3v) is 2.59. The second-order valence-corrected chi connectivity index (χ2v) is 5.61. The molecule has 2 rings (SSSR count). The van der Waals surface area contributed by atoms with Crippen LogP contribution in [0.4, 0.5) is 14.5 Å². The van der Waals surface area contributed by atoms with Crippen molar-refractivity contribution >= 4 is 11.9 Å². The lowest BCUT2D eigenvalue weighted by molar-refractivity contribution is 0.132. The molecule has 0 saturated heterocycles. The fourth-order valence-electron chi connectivity index (χ4n) is 1.73. The number of halogens is 2. The van der Waals surface area contributed by atoms with E-state index in [0.29, 0.717) is 11.4 Å². The summed E-state index contributed by atoms with van der Waals surface area (Å²) in [5, 5.41) is 0. The molecule has 0 saturated carbocycles. The number of rotatable bonds is 3. The fourth-order valence-corrected chi connectivity index (χ4v) is 1.73. The molecule has 21 heavy (non-hydrogen) atoms. The number of nitrogens with zero attached hydrogens (tertiary/aromatic N) is 1. The summed E-state index contributed by atoms with van der Waals surface area (Å²) >= 11 is 0. The summed E-state index contributed by atoms with van der Waals surface area (Å²) in [6.07, 6.45) is 1.36. The maximum atomic E-state index is 13.6. The summed E-state index contributed by atoms with van der Waals surface area (Å²) in [6.45, 7) is 5.81. The Bertz CT molecular complexity index is 660. The van der Waals surface area contributed by atoms with Crippen LogP contribution in [0.1, 0.15) is 26.3 Å². The minimum absolute atomic E-state index is 0.224. The summed E-state index contributed by atoms with van der Waals surface area (Å²) in [5.74, 6) is -0.641. The van der Waals surface area contributed by atoms with Gasteiger partial charge in [-0.1, -0.05) is 12.1 Å². The largest absolute Gasteiger partial charge is 0.486 e. The molecule has 0 aromatic heterocycles. The van der Waals surface area contributed by atoms with Crippen LogP contribution in [0.5, 0.6) is 5.75 Å². The molecule has 0 aliphatic rings. The van der Waals surface area contributed by atoms with Gasteiger partial charge in [-0.3, -0.25) is 4.99 Å². The Morgan fingerprint density at radius 1 is 1.05 bits per heavy atom. The topological polar surface area (TPSA) is 21.6 Å². The first-order valence-electron chi connectivity index (χ1n) is 6.62. The van der Waals surface area contributed by atoms with Crippen molar-refractivity contribution in [3.8, 4) is 5.75 Å². The van der Waals surface area contributed by atoms with Gasteiger partial charge in [0.2, 0.25) is 0 Å². The molecule has 2 aromatic carbocycles. The summed E-state index contributed by atoms with van der Waals surface area (Å²) in [6, 6.07) is 10.6. The first-order valence-corrected chi connectivity index (χ1v) is 6.62. The van der Waals surface area contributed by atoms with Crippen LogP contribution in [0.15, 0.2) is 47.5 Å². The average Bonchev–Trinajstić information content (AvgIpc) is 2.37. The quantitative estimate of drug-likeness (QED) is 0.737. The van der Waals surface area contributed by atoms with Crippen molar-refractivity contribution in [1.29, 1.82) is 0 Å². The minimum Gasteiger partial charge on any atom is -0.486 e. The van der Waals surface area contributed by atoms with Crippen molar-refractivity contribution < 1.29 is 13.5 Å². The molecule has 0 aliphatic heterocycles. The first-order chi connectivity index (χ1) is 9.85. The smallest absolute Gasteiger partial charge is 0.145 e. The molecular formula is C17H17F2NO. The Morgan fingerprint density at radius 2 is 1.76 bits per heavy atom. The number of ether oxygens (including phenoxy) is 1. The lowest BCUT2D eigenvalue weighted by atomic mass is 10.2. The molecule has 0 spiro atoms. The van der Waals surface area contributed by atoms with Crippen molar-refractivity contribution in [3.05, 3.63) is 59.7 Å². The van der Waals surface area contributed by atoms with Crippen molar-refractivity contribution in [1.82, 2.24) is 0 Å². The SMILES string of the molecule is CC(C)(C)Oc1ccccc1N=Cc1ccc(F)cc1F. The second kappa shape index (κ2) is 6.04. The molecule has 0 heterocycles. The van der Waals surface area contributed by atoms with E-state index in [1.54, 1.807) is 12.1 Å². The highest BCUT2D eigenvalue weighted by molar-refractivity contribution is 5.83. The van der Waals surface area contributed by atoms with E-state index < -0.39 is 11.6 Å². The third-order valence-electron chi connectivity index (χ3n) is 2.59. The highest BCUT2D eigenvalue weighted by Gasteiger charge is 2.13. The maximum absolute atomic E-state index is 13.6. The van der Waals surface area contributed by atoms with Gasteiger partial charge < -0.3 is 4.74 Å². The lowest BCUT2D eigenvalue weighted by Crippen LogP contribution is -2.22. The normalized spacial score (nSPS) is 11.9. The minimum atomic E-state index is -0.645. The molecule has 2 nitrogen and oxygen atoms in total. The van der Waals surface area contributed by atoms with Gasteiger partial charge >= 0.3 is 0 Å². The van der Waals surface area contributed by atoms with Gasteiger partial charge in [-0.05, 0) is 45.0 Å². The molecule has 0 aliphatic carbocycles. The van der Waals surface area contributed by atoms with Crippen LogP contribution in [-0.2, 0) is 0 Å². The Morgan fingerprint density at radius 3 is 2.43 bits per heavy atom. The summed E-state index contributed by atoms with van der Waals surface area (Å²) in [5.41, 5.74) is 0.463. The number of benzene rings is 2. The Kier molecular flexibility index (Phi) is 4.36. The van der Waals surface area contributed by atoms with E-state index in [4.69, 9.17) is 4.74 Å². The third kappa shape index (κ3) is 4.38. The van der Waals surface area contributed by atoms with Crippen LogP contribution in [0.25, 0.3) is 0 Å². The van der Waals surface area contributed by atoms with E-state index in [1.807, 2.05) is 32.9 Å². The van der Waals surface area contributed by atoms with Gasteiger partial charge in [0.25, 0.3) is 0 Å². The number of aliphatic imine (C=N–C) groups is 1. The van der Waals surface area contributed by atoms with Gasteiger partial charge in [0, 0.05) is 17.8 Å². The molecule has 0 fully saturated rings. The van der Waals surface area contributed by atoms with Crippen molar-refractivity contribution in [2.24, 2.45) is 4.99 Å². The Balaban J connectivity index is 2.29. The zero-order valence-electron chi connectivity index (χ0n) is 12.2. The summed E-state index contributed by atoms with van der Waals surface area (Å²) < 4.78 is 32.2. The number of hydrogen-bond acceptors (Lipinski definition) is 2. The van der Waals surface area contributed by atoms with Crippen LogP contribution in [0.3, 0.4) is 0 Å². The van der Waals surface area contributed by atoms with Crippen molar-refractivity contribution in [3.63, 3.8) is 0 Å². The molecule has 2 aromatic rings. The van der Waals surface area contributed by atoms with Crippen LogP contribution in [0, 0.1) is 11.6 Å². The number of para-hydroxylation sites is 2. The van der Waals surface area contributed by atoms with Gasteiger partial charge in [-0.25, -0.2) is 8.78 Å². The molecule has 0 atom stereocenters. The van der Waals surface area contributed by atoms with E-state index in [9.17, 15) is 8.78 Å². The first kappa shape index (κ1) is 15.2. The standard InChI is InChI=1S/C17H17F2NO/c1-17(2,3)21-16-7-5-4-6-15(16)20-11-12-8-9-13(18)10-14(12)19/h4-11H,1-3H3. The molecule has 0 bridgehead atoms. The van der Waals surface area contributed by atoms with Crippen LogP contribution in [-0.4, -0.2) is 11.8 Å². The maximum Gasteiger partial charge on any atom is 0.145 e. The molecule has 0 amide bonds. The summed E-state index contributed by atoms with van der Waals surface area (Å²) in [7, 11) is 0. The van der Waals surface area contributed by atoms with Crippen LogP contribution in [0.2, 0.25) is 0 Å².